The van der Waals surface area contributed by atoms with E-state index in [0.29, 0.717) is 12.5 Å². The van der Waals surface area contributed by atoms with Gasteiger partial charge in [0.2, 0.25) is 0 Å². The monoisotopic (exact) mass is 257 g/mol. The van der Waals surface area contributed by atoms with E-state index in [1.807, 2.05) is 0 Å². The topological polar surface area (TPSA) is 55.8 Å². The number of carbonyl (C=O) groups is 1. The van der Waals surface area contributed by atoms with Crippen molar-refractivity contribution in [2.75, 3.05) is 40.8 Å². The SMILES string of the molecule is CNC(C)(CCN1CCCC(N(C)C)C1)C(=O)O. The maximum Gasteiger partial charge on any atom is 0.323 e. The highest BCUT2D eigenvalue weighted by Crippen LogP contribution is 2.16. The second-order valence-electron chi connectivity index (χ2n) is 5.70. The third-order valence-electron chi connectivity index (χ3n) is 4.16. The van der Waals surface area contributed by atoms with Gasteiger partial charge in [-0.15, -0.1) is 0 Å². The minimum Gasteiger partial charge on any atom is -0.480 e. The highest BCUT2D eigenvalue weighted by molar-refractivity contribution is 5.78. The molecule has 1 saturated heterocycles. The number of likely N-dealkylation sites (tertiary alicyclic amines) is 1. The van der Waals surface area contributed by atoms with Crippen LogP contribution in [0.15, 0.2) is 0 Å². The van der Waals surface area contributed by atoms with Crippen LogP contribution < -0.4 is 5.32 Å². The summed E-state index contributed by atoms with van der Waals surface area (Å²) in [5, 5.41) is 12.1. The summed E-state index contributed by atoms with van der Waals surface area (Å²) in [4.78, 5) is 15.9. The van der Waals surface area contributed by atoms with Crippen LogP contribution in [-0.2, 0) is 4.79 Å². The van der Waals surface area contributed by atoms with Crippen molar-refractivity contribution in [2.45, 2.75) is 37.8 Å². The average molecular weight is 257 g/mol. The molecular formula is C13H27N3O2. The number of carboxylic acids is 1. The van der Waals surface area contributed by atoms with E-state index in [9.17, 15) is 9.90 Å². The average Bonchev–Trinajstić information content (AvgIpc) is 2.36. The van der Waals surface area contributed by atoms with Gasteiger partial charge in [0.1, 0.15) is 5.54 Å². The zero-order chi connectivity index (χ0) is 13.8. The first-order chi connectivity index (χ1) is 8.39. The molecule has 0 aliphatic carbocycles. The van der Waals surface area contributed by atoms with Crippen molar-refractivity contribution in [1.29, 1.82) is 0 Å². The fourth-order valence-electron chi connectivity index (χ4n) is 2.38. The molecule has 1 aliphatic rings. The maximum absolute atomic E-state index is 11.2. The Balaban J connectivity index is 2.45. The van der Waals surface area contributed by atoms with E-state index in [0.717, 1.165) is 19.6 Å². The van der Waals surface area contributed by atoms with Crippen LogP contribution in [0.4, 0.5) is 0 Å². The third-order valence-corrected chi connectivity index (χ3v) is 4.16. The fourth-order valence-corrected chi connectivity index (χ4v) is 2.38. The third kappa shape index (κ3) is 3.93. The van der Waals surface area contributed by atoms with E-state index in [1.54, 1.807) is 14.0 Å². The standard InChI is InChI=1S/C13H27N3O2/c1-13(14-2,12(17)18)7-9-16-8-5-6-11(10-16)15(3)4/h11,14H,5-10H2,1-4H3,(H,17,18). The quantitative estimate of drug-likeness (QED) is 0.724. The van der Waals surface area contributed by atoms with Crippen LogP contribution in [0.5, 0.6) is 0 Å². The molecule has 106 valence electrons. The molecule has 2 N–H and O–H groups in total. The first-order valence-electron chi connectivity index (χ1n) is 6.70. The minimum atomic E-state index is -0.814. The molecule has 0 spiro atoms. The molecule has 0 aromatic heterocycles. The second kappa shape index (κ2) is 6.50. The van der Waals surface area contributed by atoms with E-state index in [2.05, 4.69) is 29.2 Å². The number of piperidine rings is 1. The highest BCUT2D eigenvalue weighted by Gasteiger charge is 2.32. The van der Waals surface area contributed by atoms with Crippen LogP contribution in [-0.4, -0.2) is 73.2 Å². The van der Waals surface area contributed by atoms with Crippen LogP contribution in [0, 0.1) is 0 Å². The van der Waals surface area contributed by atoms with Gasteiger partial charge in [0, 0.05) is 19.1 Å². The zero-order valence-corrected chi connectivity index (χ0v) is 12.1. The van der Waals surface area contributed by atoms with Crippen molar-refractivity contribution < 1.29 is 9.90 Å². The number of hydrogen-bond acceptors (Lipinski definition) is 4. The maximum atomic E-state index is 11.2. The zero-order valence-electron chi connectivity index (χ0n) is 12.1. The van der Waals surface area contributed by atoms with Gasteiger partial charge in [-0.05, 0) is 53.9 Å². The lowest BCUT2D eigenvalue weighted by Crippen LogP contribution is -2.51. The van der Waals surface area contributed by atoms with Gasteiger partial charge in [0.15, 0.2) is 0 Å². The number of rotatable bonds is 6. The van der Waals surface area contributed by atoms with Gasteiger partial charge in [0.25, 0.3) is 0 Å². The van der Waals surface area contributed by atoms with E-state index >= 15 is 0 Å². The van der Waals surface area contributed by atoms with Crippen LogP contribution in [0.3, 0.4) is 0 Å². The molecule has 5 heteroatoms. The van der Waals surface area contributed by atoms with Crippen molar-refractivity contribution in [3.63, 3.8) is 0 Å². The van der Waals surface area contributed by atoms with Crippen molar-refractivity contribution >= 4 is 5.97 Å². The fraction of sp³-hybridized carbons (Fsp3) is 0.923. The van der Waals surface area contributed by atoms with Gasteiger partial charge < -0.3 is 20.2 Å². The Kier molecular flexibility index (Phi) is 5.56. The predicted molar refractivity (Wildman–Crippen MR) is 72.9 cm³/mol. The molecule has 1 fully saturated rings. The normalized spacial score (nSPS) is 25.1. The van der Waals surface area contributed by atoms with Crippen LogP contribution >= 0.6 is 0 Å². The molecule has 5 nitrogen and oxygen atoms in total. The van der Waals surface area contributed by atoms with Crippen LogP contribution in [0.1, 0.15) is 26.2 Å². The Labute approximate surface area is 110 Å². The molecule has 2 unspecified atom stereocenters. The number of nitrogens with one attached hydrogen (secondary N) is 1. The molecule has 1 heterocycles. The first-order valence-corrected chi connectivity index (χ1v) is 6.70. The molecule has 0 aromatic rings. The van der Waals surface area contributed by atoms with E-state index in [1.165, 1.54) is 12.8 Å². The highest BCUT2D eigenvalue weighted by atomic mass is 16.4. The van der Waals surface area contributed by atoms with Gasteiger partial charge in [-0.3, -0.25) is 4.79 Å². The van der Waals surface area contributed by atoms with Gasteiger partial charge in [-0.25, -0.2) is 0 Å². The molecule has 0 aromatic carbocycles. The Morgan fingerprint density at radius 1 is 1.56 bits per heavy atom. The second-order valence-corrected chi connectivity index (χ2v) is 5.70. The van der Waals surface area contributed by atoms with Gasteiger partial charge in [0.05, 0.1) is 0 Å². The Bertz CT molecular complexity index is 283. The lowest BCUT2D eigenvalue weighted by molar-refractivity contribution is -0.144. The molecule has 1 aliphatic heterocycles. The van der Waals surface area contributed by atoms with E-state index in [-0.39, 0.29) is 0 Å². The Morgan fingerprint density at radius 2 is 2.22 bits per heavy atom. The number of likely N-dealkylation sites (N-methyl/N-ethyl adjacent to an activating group) is 2. The summed E-state index contributed by atoms with van der Waals surface area (Å²) in [6, 6.07) is 0.601. The molecule has 0 saturated carbocycles. The number of hydrogen-bond donors (Lipinski definition) is 2. The summed E-state index contributed by atoms with van der Waals surface area (Å²) < 4.78 is 0. The smallest absolute Gasteiger partial charge is 0.323 e. The predicted octanol–water partition coefficient (Wildman–Crippen LogP) is 0.465. The summed E-state index contributed by atoms with van der Waals surface area (Å²) in [6.45, 7) is 4.73. The van der Waals surface area contributed by atoms with Crippen molar-refractivity contribution in [1.82, 2.24) is 15.1 Å². The summed E-state index contributed by atoms with van der Waals surface area (Å²) in [5.74, 6) is -0.772. The van der Waals surface area contributed by atoms with Crippen LogP contribution in [0.2, 0.25) is 0 Å². The number of carboxylic acid groups (broad SMARTS) is 1. The van der Waals surface area contributed by atoms with Crippen molar-refractivity contribution in [3.8, 4) is 0 Å². The molecular weight excluding hydrogens is 230 g/mol. The van der Waals surface area contributed by atoms with Gasteiger partial charge in [-0.1, -0.05) is 0 Å². The van der Waals surface area contributed by atoms with E-state index in [4.69, 9.17) is 0 Å². The van der Waals surface area contributed by atoms with Crippen LogP contribution in [0.25, 0.3) is 0 Å². The molecule has 2 atom stereocenters. The minimum absolute atomic E-state index is 0.601. The van der Waals surface area contributed by atoms with E-state index < -0.39 is 11.5 Å². The molecule has 18 heavy (non-hydrogen) atoms. The largest absolute Gasteiger partial charge is 0.480 e. The molecule has 0 amide bonds. The lowest BCUT2D eigenvalue weighted by Gasteiger charge is -2.37. The number of aliphatic carboxylic acids is 1. The molecule has 0 radical (unpaired) electrons. The Hall–Kier alpha value is -0.650. The summed E-state index contributed by atoms with van der Waals surface area (Å²) >= 11 is 0. The first kappa shape index (κ1) is 15.4. The van der Waals surface area contributed by atoms with Crippen molar-refractivity contribution in [3.05, 3.63) is 0 Å². The summed E-state index contributed by atoms with van der Waals surface area (Å²) in [6.07, 6.45) is 3.08. The number of nitrogens with zero attached hydrogens (tertiary/aromatic N) is 2. The molecule has 0 bridgehead atoms. The Morgan fingerprint density at radius 3 is 2.72 bits per heavy atom. The van der Waals surface area contributed by atoms with Crippen molar-refractivity contribution in [2.24, 2.45) is 0 Å². The van der Waals surface area contributed by atoms with Gasteiger partial charge in [-0.2, -0.15) is 0 Å². The summed E-state index contributed by atoms with van der Waals surface area (Å²) in [7, 11) is 5.94. The lowest BCUT2D eigenvalue weighted by atomic mass is 9.97. The van der Waals surface area contributed by atoms with Gasteiger partial charge >= 0.3 is 5.97 Å². The summed E-state index contributed by atoms with van der Waals surface area (Å²) in [5.41, 5.74) is -0.814. The molecule has 1 rings (SSSR count).